The summed E-state index contributed by atoms with van der Waals surface area (Å²) in [6, 6.07) is 1.54. The number of thioether (sulfide) groups is 1. The summed E-state index contributed by atoms with van der Waals surface area (Å²) in [6.45, 7) is 1.81. The lowest BCUT2D eigenvalue weighted by atomic mass is 10.2. The third-order valence-corrected chi connectivity index (χ3v) is 2.77. The molecular formula is C10H16N2O3S. The van der Waals surface area contributed by atoms with E-state index in [1.54, 1.807) is 24.8 Å². The first-order valence-corrected chi connectivity index (χ1v) is 6.40. The normalized spacial score (nSPS) is 12.4. The van der Waals surface area contributed by atoms with Crippen LogP contribution in [0.5, 0.6) is 0 Å². The Bertz CT molecular complexity index is 335. The summed E-state index contributed by atoms with van der Waals surface area (Å²) >= 11 is 1.62. The average Bonchev–Trinajstić information content (AvgIpc) is 2.65. The molecule has 0 fully saturated rings. The van der Waals surface area contributed by atoms with Gasteiger partial charge in [-0.3, -0.25) is 4.79 Å². The largest absolute Gasteiger partial charge is 0.396 e. The van der Waals surface area contributed by atoms with Crippen molar-refractivity contribution < 1.29 is 14.4 Å². The van der Waals surface area contributed by atoms with Crippen molar-refractivity contribution in [3.05, 3.63) is 17.5 Å². The van der Waals surface area contributed by atoms with Crippen LogP contribution in [0.3, 0.4) is 0 Å². The van der Waals surface area contributed by atoms with Crippen LogP contribution in [-0.2, 0) is 0 Å². The summed E-state index contributed by atoms with van der Waals surface area (Å²) in [5.41, 5.74) is 0.675. The van der Waals surface area contributed by atoms with E-state index in [1.807, 2.05) is 6.26 Å². The van der Waals surface area contributed by atoms with Gasteiger partial charge < -0.3 is 14.9 Å². The predicted octanol–water partition coefficient (Wildman–Crippen LogP) is 0.827. The van der Waals surface area contributed by atoms with Crippen molar-refractivity contribution in [1.29, 1.82) is 0 Å². The van der Waals surface area contributed by atoms with Crippen LogP contribution in [0.1, 0.15) is 22.7 Å². The number of carbonyl (C=O) groups excluding carboxylic acids is 1. The number of aliphatic hydroxyl groups excluding tert-OH is 1. The van der Waals surface area contributed by atoms with E-state index in [0.717, 1.165) is 5.75 Å². The molecule has 0 aliphatic heterocycles. The van der Waals surface area contributed by atoms with E-state index in [2.05, 4.69) is 10.5 Å². The third kappa shape index (κ3) is 3.86. The maximum absolute atomic E-state index is 11.7. The first-order chi connectivity index (χ1) is 7.67. The number of hydrogen-bond donors (Lipinski definition) is 2. The van der Waals surface area contributed by atoms with Crippen LogP contribution in [0.25, 0.3) is 0 Å². The van der Waals surface area contributed by atoms with E-state index in [9.17, 15) is 4.79 Å². The van der Waals surface area contributed by atoms with E-state index >= 15 is 0 Å². The second kappa shape index (κ2) is 6.55. The number of aryl methyl sites for hydroxylation is 1. The van der Waals surface area contributed by atoms with Crippen molar-refractivity contribution in [3.63, 3.8) is 0 Å². The fourth-order valence-corrected chi connectivity index (χ4v) is 1.93. The zero-order valence-electron chi connectivity index (χ0n) is 9.40. The Kier molecular flexibility index (Phi) is 5.34. The van der Waals surface area contributed by atoms with Gasteiger partial charge in [-0.25, -0.2) is 0 Å². The lowest BCUT2D eigenvalue weighted by Crippen LogP contribution is -2.37. The molecule has 1 amide bonds. The topological polar surface area (TPSA) is 75.4 Å². The molecule has 0 aromatic carbocycles. The number of hydrogen-bond acceptors (Lipinski definition) is 5. The monoisotopic (exact) mass is 244 g/mol. The predicted molar refractivity (Wildman–Crippen MR) is 62.6 cm³/mol. The van der Waals surface area contributed by atoms with Crippen LogP contribution in [0.2, 0.25) is 0 Å². The van der Waals surface area contributed by atoms with E-state index in [0.29, 0.717) is 12.1 Å². The Morgan fingerprint density at radius 2 is 2.50 bits per heavy atom. The molecule has 90 valence electrons. The SMILES string of the molecule is CSCC(CCO)NC(=O)c1cc(C)no1. The van der Waals surface area contributed by atoms with Crippen molar-refractivity contribution in [2.75, 3.05) is 18.6 Å². The zero-order chi connectivity index (χ0) is 12.0. The van der Waals surface area contributed by atoms with Gasteiger partial charge in [0.15, 0.2) is 0 Å². The molecule has 1 atom stereocenters. The van der Waals surface area contributed by atoms with Crippen molar-refractivity contribution >= 4 is 17.7 Å². The van der Waals surface area contributed by atoms with E-state index in [4.69, 9.17) is 9.63 Å². The number of aromatic nitrogens is 1. The minimum Gasteiger partial charge on any atom is -0.396 e. The molecule has 1 aromatic rings. The summed E-state index contributed by atoms with van der Waals surface area (Å²) < 4.78 is 4.85. The van der Waals surface area contributed by atoms with Gasteiger partial charge in [-0.15, -0.1) is 0 Å². The molecular weight excluding hydrogens is 228 g/mol. The average molecular weight is 244 g/mol. The molecule has 0 aliphatic carbocycles. The van der Waals surface area contributed by atoms with Gasteiger partial charge in [-0.1, -0.05) is 5.16 Å². The number of amides is 1. The summed E-state index contributed by atoms with van der Waals surface area (Å²) in [4.78, 5) is 11.7. The fourth-order valence-electron chi connectivity index (χ4n) is 1.28. The van der Waals surface area contributed by atoms with Gasteiger partial charge >= 0.3 is 0 Å². The van der Waals surface area contributed by atoms with Crippen molar-refractivity contribution in [2.45, 2.75) is 19.4 Å². The van der Waals surface area contributed by atoms with E-state index < -0.39 is 0 Å². The van der Waals surface area contributed by atoms with Gasteiger partial charge in [0.05, 0.1) is 5.69 Å². The molecule has 0 saturated heterocycles. The van der Waals surface area contributed by atoms with Crippen LogP contribution in [0.4, 0.5) is 0 Å². The standard InChI is InChI=1S/C10H16N2O3S/c1-7-5-9(15-12-7)10(14)11-8(3-4-13)6-16-2/h5,8,13H,3-4,6H2,1-2H3,(H,11,14). The lowest BCUT2D eigenvalue weighted by molar-refractivity contribution is 0.0898. The molecule has 0 saturated carbocycles. The molecule has 1 rings (SSSR count). The Labute approximate surface area is 98.6 Å². The molecule has 2 N–H and O–H groups in total. The van der Waals surface area contributed by atoms with Crippen LogP contribution < -0.4 is 5.32 Å². The highest BCUT2D eigenvalue weighted by atomic mass is 32.2. The highest BCUT2D eigenvalue weighted by Gasteiger charge is 2.16. The highest BCUT2D eigenvalue weighted by molar-refractivity contribution is 7.98. The second-order valence-corrected chi connectivity index (χ2v) is 4.38. The minimum absolute atomic E-state index is 0.0436. The first kappa shape index (κ1) is 13.1. The molecule has 6 heteroatoms. The number of rotatable bonds is 6. The molecule has 16 heavy (non-hydrogen) atoms. The number of nitrogens with zero attached hydrogens (tertiary/aromatic N) is 1. The Balaban J connectivity index is 2.54. The van der Waals surface area contributed by atoms with Gasteiger partial charge in [-0.2, -0.15) is 11.8 Å². The number of nitrogens with one attached hydrogen (secondary N) is 1. The van der Waals surface area contributed by atoms with Crippen LogP contribution in [0.15, 0.2) is 10.6 Å². The van der Waals surface area contributed by atoms with E-state index in [1.165, 1.54) is 0 Å². The quantitative estimate of drug-likeness (QED) is 0.775. The Morgan fingerprint density at radius 3 is 3.00 bits per heavy atom. The van der Waals surface area contributed by atoms with Gasteiger partial charge in [0, 0.05) is 24.5 Å². The molecule has 0 spiro atoms. The summed E-state index contributed by atoms with van der Waals surface area (Å²) in [5, 5.41) is 15.3. The van der Waals surface area contributed by atoms with Crippen LogP contribution >= 0.6 is 11.8 Å². The van der Waals surface area contributed by atoms with Gasteiger partial charge in [0.25, 0.3) is 5.91 Å². The number of carbonyl (C=O) groups is 1. The molecule has 0 aliphatic rings. The van der Waals surface area contributed by atoms with Gasteiger partial charge in [0.2, 0.25) is 5.76 Å². The maximum Gasteiger partial charge on any atom is 0.290 e. The molecule has 5 nitrogen and oxygen atoms in total. The zero-order valence-corrected chi connectivity index (χ0v) is 10.2. The third-order valence-electron chi connectivity index (χ3n) is 2.03. The molecule has 0 radical (unpaired) electrons. The first-order valence-electron chi connectivity index (χ1n) is 5.01. The van der Waals surface area contributed by atoms with Crippen LogP contribution in [0, 0.1) is 6.92 Å². The maximum atomic E-state index is 11.7. The van der Waals surface area contributed by atoms with Crippen LogP contribution in [-0.4, -0.2) is 40.8 Å². The smallest absolute Gasteiger partial charge is 0.290 e. The van der Waals surface area contributed by atoms with Crippen molar-refractivity contribution in [1.82, 2.24) is 10.5 Å². The lowest BCUT2D eigenvalue weighted by Gasteiger charge is -2.15. The summed E-state index contributed by atoms with van der Waals surface area (Å²) in [7, 11) is 0. The summed E-state index contributed by atoms with van der Waals surface area (Å²) in [6.07, 6.45) is 2.49. The molecule has 1 aromatic heterocycles. The van der Waals surface area contributed by atoms with Gasteiger partial charge in [0.1, 0.15) is 0 Å². The number of aliphatic hydroxyl groups is 1. The Morgan fingerprint density at radius 1 is 1.75 bits per heavy atom. The minimum atomic E-state index is -0.284. The highest BCUT2D eigenvalue weighted by Crippen LogP contribution is 2.05. The summed E-state index contributed by atoms with van der Waals surface area (Å²) in [5.74, 6) is 0.689. The Hall–Kier alpha value is -1.01. The second-order valence-electron chi connectivity index (χ2n) is 3.47. The van der Waals surface area contributed by atoms with E-state index in [-0.39, 0.29) is 24.3 Å². The molecule has 0 bridgehead atoms. The fraction of sp³-hybridized carbons (Fsp3) is 0.600. The van der Waals surface area contributed by atoms with Crippen molar-refractivity contribution in [3.8, 4) is 0 Å². The van der Waals surface area contributed by atoms with Gasteiger partial charge in [-0.05, 0) is 19.6 Å². The molecule has 1 unspecified atom stereocenters. The molecule has 1 heterocycles. The van der Waals surface area contributed by atoms with Crippen molar-refractivity contribution in [2.24, 2.45) is 0 Å².